The average Bonchev–Trinajstić information content (AvgIpc) is 2.73. The van der Waals surface area contributed by atoms with E-state index in [9.17, 15) is 40.5 Å². The molecule has 0 saturated carbocycles. The summed E-state index contributed by atoms with van der Waals surface area (Å²) in [4.78, 5) is 38.3. The van der Waals surface area contributed by atoms with Crippen molar-refractivity contribution in [1.82, 2.24) is 0 Å². The summed E-state index contributed by atoms with van der Waals surface area (Å²) in [6, 6.07) is 6.48. The van der Waals surface area contributed by atoms with Gasteiger partial charge in [-0.15, -0.1) is 0 Å². The maximum absolute atomic E-state index is 10.5. The van der Waals surface area contributed by atoms with Crippen LogP contribution in [0.1, 0.15) is 0 Å². The topological polar surface area (TPSA) is 185 Å². The molecule has 2 aromatic carbocycles. The molecule has 0 heterocycles. The molecule has 0 radical (unpaired) electrons. The molecule has 21 heteroatoms. The second-order valence-corrected chi connectivity index (χ2v) is 52.4. The van der Waals surface area contributed by atoms with E-state index >= 15 is 0 Å². The molecule has 1 N–H and O–H groups in total. The van der Waals surface area contributed by atoms with Gasteiger partial charge >= 0.3 is 114 Å². The van der Waals surface area contributed by atoms with Crippen LogP contribution in [-0.2, 0) is 14.4 Å². The van der Waals surface area contributed by atoms with Crippen LogP contribution in [0.3, 0.4) is 0 Å². The van der Waals surface area contributed by atoms with Crippen molar-refractivity contribution in [2.24, 2.45) is 0 Å². The van der Waals surface area contributed by atoms with E-state index in [2.05, 4.69) is 105 Å². The number of halogens is 6. The SMILES string of the molecule is CNc1ccc([N+](=O)[O-])cc1[N+](=O)[O-].O=[N+]([O-])c1ccc(Cl)c([N+](=O)[O-])c1.[I][V]([I])[I].[I][V][I]. The zero-order valence-electron chi connectivity index (χ0n) is 16.2. The number of nitrogens with zero attached hydrogens (tertiary/aromatic N) is 4. The number of rotatable bonds is 5. The zero-order chi connectivity index (χ0) is 27.0. The van der Waals surface area contributed by atoms with Crippen LogP contribution < -0.4 is 5.32 Å². The minimum atomic E-state index is -0.769. The van der Waals surface area contributed by atoms with E-state index in [0.29, 0.717) is 9.47 Å². The van der Waals surface area contributed by atoms with Gasteiger partial charge in [0.05, 0.1) is 31.8 Å². The molecule has 2 aromatic rings. The predicted octanol–water partition coefficient (Wildman–Crippen LogP) is 8.12. The third-order valence-corrected chi connectivity index (χ3v) is 3.32. The Kier molecular flexibility index (Phi) is 22.9. The zero-order valence-corrected chi connectivity index (χ0v) is 30.5. The first-order valence-corrected chi connectivity index (χ1v) is 30.5. The number of hydrogen-bond acceptors (Lipinski definition) is 9. The normalized spacial score (nSPS) is 9.06. The Morgan fingerprint density at radius 1 is 0.794 bits per heavy atom. The van der Waals surface area contributed by atoms with Crippen LogP contribution in [0.4, 0.5) is 28.4 Å². The molecule has 0 aliphatic carbocycles. The van der Waals surface area contributed by atoms with E-state index in [1.807, 2.05) is 0 Å². The molecule has 0 saturated heterocycles. The van der Waals surface area contributed by atoms with E-state index in [1.165, 1.54) is 19.2 Å². The minimum absolute atomic E-state index is 0.115. The number of nitro groups is 4. The number of nitrogens with one attached hydrogen (secondary N) is 1. The van der Waals surface area contributed by atoms with Crippen molar-refractivity contribution < 1.29 is 34.1 Å². The van der Waals surface area contributed by atoms with Crippen LogP contribution in [-0.4, -0.2) is 26.7 Å². The Bertz CT molecular complexity index is 1010. The molecular weight excluding hydrogens is 1130 g/mol. The molecule has 0 aliphatic rings. The van der Waals surface area contributed by atoms with Crippen molar-refractivity contribution >= 4 is 140 Å². The molecule has 0 unspecified atom stereocenters. The molecule has 0 bridgehead atoms. The second kappa shape index (κ2) is 20.9. The molecular formula is C13H10ClI5N5O8V2. The number of anilines is 1. The Morgan fingerprint density at radius 2 is 1.15 bits per heavy atom. The molecule has 0 fully saturated rings. The van der Waals surface area contributed by atoms with Gasteiger partial charge in [0.1, 0.15) is 10.7 Å². The van der Waals surface area contributed by atoms with Crippen LogP contribution in [0.5, 0.6) is 0 Å². The van der Waals surface area contributed by atoms with Gasteiger partial charge in [-0.3, -0.25) is 40.5 Å². The first-order valence-electron chi connectivity index (χ1n) is 7.62. The van der Waals surface area contributed by atoms with Crippen molar-refractivity contribution in [3.8, 4) is 0 Å². The molecule has 0 atom stereocenters. The summed E-state index contributed by atoms with van der Waals surface area (Å²) in [5, 5.41) is 43.8. The van der Waals surface area contributed by atoms with Gasteiger partial charge in [-0.05, 0) is 12.1 Å². The first-order chi connectivity index (χ1) is 15.7. The molecule has 0 aliphatic heterocycles. The Morgan fingerprint density at radius 3 is 1.47 bits per heavy atom. The van der Waals surface area contributed by atoms with Gasteiger partial charge in [0.25, 0.3) is 22.7 Å². The monoisotopic (exact) mass is 1140 g/mol. The van der Waals surface area contributed by atoms with Crippen LogP contribution >= 0.6 is 111 Å². The number of non-ortho nitro benzene ring substituents is 2. The summed E-state index contributed by atoms with van der Waals surface area (Å²) in [5.74, 6) is 0. The Balaban J connectivity index is 0. The van der Waals surface area contributed by atoms with Crippen molar-refractivity contribution in [1.29, 1.82) is 0 Å². The molecule has 187 valence electrons. The van der Waals surface area contributed by atoms with Crippen molar-refractivity contribution in [3.63, 3.8) is 0 Å². The third-order valence-electron chi connectivity index (χ3n) is 3.00. The van der Waals surface area contributed by atoms with Crippen LogP contribution in [0, 0.1) is 40.5 Å². The van der Waals surface area contributed by atoms with Gasteiger partial charge < -0.3 is 5.32 Å². The van der Waals surface area contributed by atoms with Crippen LogP contribution in [0.25, 0.3) is 0 Å². The van der Waals surface area contributed by atoms with Crippen molar-refractivity contribution in [2.45, 2.75) is 0 Å². The van der Waals surface area contributed by atoms with Gasteiger partial charge in [-0.2, -0.15) is 0 Å². The third kappa shape index (κ3) is 16.6. The fourth-order valence-electron chi connectivity index (χ4n) is 1.75. The molecule has 0 aromatic heterocycles. The molecule has 0 spiro atoms. The quantitative estimate of drug-likeness (QED) is 0.176. The summed E-state index contributed by atoms with van der Waals surface area (Å²) in [6.45, 7) is 0. The van der Waals surface area contributed by atoms with Crippen molar-refractivity contribution in [3.05, 3.63) is 81.9 Å². The summed E-state index contributed by atoms with van der Waals surface area (Å²) in [5.41, 5.74) is -1.16. The first kappa shape index (κ1) is 37.1. The summed E-state index contributed by atoms with van der Waals surface area (Å²) in [6.07, 6.45) is 0. The Labute approximate surface area is 263 Å². The van der Waals surface area contributed by atoms with Gasteiger partial charge in [-0.1, -0.05) is 11.6 Å². The maximum atomic E-state index is 10.5. The second-order valence-electron chi connectivity index (χ2n) is 4.87. The van der Waals surface area contributed by atoms with E-state index in [0.717, 1.165) is 24.3 Å². The van der Waals surface area contributed by atoms with Gasteiger partial charge in [0.15, 0.2) is 0 Å². The van der Waals surface area contributed by atoms with Gasteiger partial charge in [-0.25, -0.2) is 0 Å². The predicted molar refractivity (Wildman–Crippen MR) is 164 cm³/mol. The van der Waals surface area contributed by atoms with E-state index in [1.54, 1.807) is 0 Å². The average molecular weight is 1140 g/mol. The molecule has 13 nitrogen and oxygen atoms in total. The van der Waals surface area contributed by atoms with E-state index in [4.69, 9.17) is 11.6 Å². The van der Waals surface area contributed by atoms with Gasteiger partial charge in [0.2, 0.25) is 0 Å². The van der Waals surface area contributed by atoms with Crippen LogP contribution in [0.2, 0.25) is 5.02 Å². The van der Waals surface area contributed by atoms with Crippen LogP contribution in [0.15, 0.2) is 36.4 Å². The van der Waals surface area contributed by atoms with Gasteiger partial charge in [0, 0.05) is 19.2 Å². The summed E-state index contributed by atoms with van der Waals surface area (Å²) in [7, 11) is 2.14. The molecule has 0 amide bonds. The number of hydrogen-bond donors (Lipinski definition) is 1. The fourth-order valence-corrected chi connectivity index (χ4v) is 1.94. The fraction of sp³-hybridized carbons (Fsp3) is 0.0769. The van der Waals surface area contributed by atoms with E-state index in [-0.39, 0.29) is 32.7 Å². The Hall–Kier alpha value is 0.949. The summed E-state index contributed by atoms with van der Waals surface area (Å²) >= 11 is 17.6. The molecule has 2 rings (SSSR count). The number of benzene rings is 2. The standard InChI is InChI=1S/C7H7N3O4.C6H3ClN2O4.5HI.2V/c1-8-6-3-2-5(9(11)12)4-7(6)10(13)14;7-5-2-1-4(8(10)11)3-6(5)9(12)13;;;;;;;/h2-4,8H,1H3;1-3H;5*1H;;/q;;;;;;;+2;+3/p-5. The number of nitro benzene ring substituents is 4. The van der Waals surface area contributed by atoms with Crippen molar-refractivity contribution in [2.75, 3.05) is 12.4 Å². The molecule has 34 heavy (non-hydrogen) atoms. The van der Waals surface area contributed by atoms with E-state index < -0.39 is 25.4 Å². The summed E-state index contributed by atoms with van der Waals surface area (Å²) < 4.78 is 0.